The van der Waals surface area contributed by atoms with Crippen LogP contribution in [0.1, 0.15) is 17.2 Å². The lowest BCUT2D eigenvalue weighted by molar-refractivity contribution is 0.191. The third-order valence-electron chi connectivity index (χ3n) is 5.03. The van der Waals surface area contributed by atoms with Gasteiger partial charge < -0.3 is 24.3 Å². The molecule has 0 aromatic heterocycles. The first-order chi connectivity index (χ1) is 13.6. The minimum Gasteiger partial charge on any atom is -0.496 e. The quantitative estimate of drug-likeness (QED) is 0.760. The topological polar surface area (TPSA) is 52.2 Å². The molecule has 3 rings (SSSR count). The van der Waals surface area contributed by atoms with E-state index in [9.17, 15) is 0 Å². The number of methoxy groups -OCH3 is 4. The monoisotopic (exact) mass is 406 g/mol. The number of piperazine rings is 1. The van der Waals surface area contributed by atoms with Crippen molar-refractivity contribution in [3.63, 3.8) is 0 Å². The molecule has 2 aromatic rings. The van der Waals surface area contributed by atoms with Gasteiger partial charge in [-0.05, 0) is 30.3 Å². The van der Waals surface area contributed by atoms with Crippen LogP contribution in [0.5, 0.6) is 23.0 Å². The van der Waals surface area contributed by atoms with Crippen LogP contribution in [-0.4, -0.2) is 59.5 Å². The number of hydrogen-bond donors (Lipinski definition) is 1. The molecular weight excluding hydrogens is 380 g/mol. The second-order valence-electron chi connectivity index (χ2n) is 6.50. The average molecular weight is 407 g/mol. The number of nitrogens with one attached hydrogen (secondary N) is 1. The third-order valence-corrected chi connectivity index (χ3v) is 5.27. The molecule has 1 unspecified atom stereocenters. The van der Waals surface area contributed by atoms with Crippen LogP contribution in [0.25, 0.3) is 0 Å². The number of hydrogen-bond acceptors (Lipinski definition) is 6. The van der Waals surface area contributed by atoms with Crippen LogP contribution in [0.15, 0.2) is 30.3 Å². The summed E-state index contributed by atoms with van der Waals surface area (Å²) in [7, 11) is 6.55. The highest BCUT2D eigenvalue weighted by molar-refractivity contribution is 6.30. The van der Waals surface area contributed by atoms with Gasteiger partial charge in [0.15, 0.2) is 11.5 Å². The summed E-state index contributed by atoms with van der Waals surface area (Å²) in [6.07, 6.45) is 0. The second-order valence-corrected chi connectivity index (χ2v) is 6.93. The zero-order chi connectivity index (χ0) is 20.1. The third kappa shape index (κ3) is 3.99. The van der Waals surface area contributed by atoms with Gasteiger partial charge in [0.25, 0.3) is 0 Å². The summed E-state index contributed by atoms with van der Waals surface area (Å²) < 4.78 is 22.5. The molecule has 1 saturated heterocycles. The Balaban J connectivity index is 2.22. The standard InChI is InChI=1S/C21H27ClN2O4/c1-25-17-7-5-14(22)13-16(17)19(24-11-9-23-10-12-24)15-6-8-18(26-2)21(28-4)20(15)27-3/h5-8,13,19,23H,9-12H2,1-4H3. The van der Waals surface area contributed by atoms with E-state index in [1.54, 1.807) is 28.4 Å². The van der Waals surface area contributed by atoms with Crippen LogP contribution >= 0.6 is 11.6 Å². The summed E-state index contributed by atoms with van der Waals surface area (Å²) in [5, 5.41) is 4.07. The maximum Gasteiger partial charge on any atom is 0.203 e. The Morgan fingerprint density at radius 1 is 0.821 bits per heavy atom. The summed E-state index contributed by atoms with van der Waals surface area (Å²) in [4.78, 5) is 2.40. The van der Waals surface area contributed by atoms with E-state index < -0.39 is 0 Å². The lowest BCUT2D eigenvalue weighted by Gasteiger charge is -2.37. The van der Waals surface area contributed by atoms with Crippen molar-refractivity contribution in [1.29, 1.82) is 0 Å². The average Bonchev–Trinajstić information content (AvgIpc) is 2.74. The van der Waals surface area contributed by atoms with Gasteiger partial charge in [-0.15, -0.1) is 0 Å². The molecule has 7 heteroatoms. The molecule has 0 aliphatic carbocycles. The van der Waals surface area contributed by atoms with Crippen molar-refractivity contribution in [1.82, 2.24) is 10.2 Å². The highest BCUT2D eigenvalue weighted by Crippen LogP contribution is 2.47. The number of rotatable bonds is 7. The van der Waals surface area contributed by atoms with E-state index in [0.29, 0.717) is 22.3 Å². The SMILES string of the molecule is COc1ccc(Cl)cc1C(c1ccc(OC)c(OC)c1OC)N1CCNCC1. The molecule has 0 saturated carbocycles. The number of halogens is 1. The van der Waals surface area contributed by atoms with E-state index in [1.165, 1.54) is 0 Å². The van der Waals surface area contributed by atoms with Gasteiger partial charge in [-0.3, -0.25) is 4.90 Å². The Labute approximate surface area is 171 Å². The molecule has 2 aromatic carbocycles. The fraction of sp³-hybridized carbons (Fsp3) is 0.429. The number of ether oxygens (including phenoxy) is 4. The van der Waals surface area contributed by atoms with Gasteiger partial charge in [-0.2, -0.15) is 0 Å². The smallest absolute Gasteiger partial charge is 0.203 e. The lowest BCUT2D eigenvalue weighted by Crippen LogP contribution is -2.45. The second kappa shape index (κ2) is 9.37. The highest BCUT2D eigenvalue weighted by Gasteiger charge is 2.31. The zero-order valence-electron chi connectivity index (χ0n) is 16.8. The van der Waals surface area contributed by atoms with E-state index in [0.717, 1.165) is 43.1 Å². The molecule has 1 heterocycles. The molecule has 1 aliphatic rings. The fourth-order valence-corrected chi connectivity index (χ4v) is 3.94. The Hall–Kier alpha value is -2.15. The zero-order valence-corrected chi connectivity index (χ0v) is 17.5. The van der Waals surface area contributed by atoms with Crippen LogP contribution in [0.2, 0.25) is 5.02 Å². The van der Waals surface area contributed by atoms with Crippen LogP contribution in [-0.2, 0) is 0 Å². The Morgan fingerprint density at radius 2 is 1.46 bits per heavy atom. The van der Waals surface area contributed by atoms with Crippen LogP contribution in [0.4, 0.5) is 0 Å². The van der Waals surface area contributed by atoms with E-state index in [4.69, 9.17) is 30.5 Å². The summed E-state index contributed by atoms with van der Waals surface area (Å²) in [5.74, 6) is 2.63. The number of nitrogens with zero attached hydrogens (tertiary/aromatic N) is 1. The lowest BCUT2D eigenvalue weighted by atomic mass is 9.94. The molecule has 0 amide bonds. The molecule has 1 N–H and O–H groups in total. The fourth-order valence-electron chi connectivity index (χ4n) is 3.76. The maximum absolute atomic E-state index is 6.36. The molecular formula is C21H27ClN2O4. The molecule has 0 spiro atoms. The largest absolute Gasteiger partial charge is 0.496 e. The minimum absolute atomic E-state index is 0.106. The maximum atomic E-state index is 6.36. The van der Waals surface area contributed by atoms with Crippen molar-refractivity contribution in [3.8, 4) is 23.0 Å². The van der Waals surface area contributed by atoms with Crippen molar-refractivity contribution < 1.29 is 18.9 Å². The normalized spacial score (nSPS) is 15.8. The predicted molar refractivity (Wildman–Crippen MR) is 110 cm³/mol. The molecule has 0 radical (unpaired) electrons. The van der Waals surface area contributed by atoms with Crippen molar-refractivity contribution in [2.45, 2.75) is 6.04 Å². The first-order valence-corrected chi connectivity index (χ1v) is 9.59. The van der Waals surface area contributed by atoms with Crippen LogP contribution < -0.4 is 24.3 Å². The summed E-state index contributed by atoms with van der Waals surface area (Å²) in [5.41, 5.74) is 1.96. The van der Waals surface area contributed by atoms with Gasteiger partial charge in [0.2, 0.25) is 5.75 Å². The summed E-state index contributed by atoms with van der Waals surface area (Å²) in [6.45, 7) is 3.60. The van der Waals surface area contributed by atoms with E-state index in [-0.39, 0.29) is 6.04 Å². The van der Waals surface area contributed by atoms with E-state index in [2.05, 4.69) is 10.2 Å². The van der Waals surface area contributed by atoms with Crippen molar-refractivity contribution >= 4 is 11.6 Å². The van der Waals surface area contributed by atoms with Crippen molar-refractivity contribution in [2.75, 3.05) is 54.6 Å². The van der Waals surface area contributed by atoms with E-state index >= 15 is 0 Å². The van der Waals surface area contributed by atoms with Gasteiger partial charge in [0.1, 0.15) is 5.75 Å². The molecule has 1 fully saturated rings. The van der Waals surface area contributed by atoms with Gasteiger partial charge in [0, 0.05) is 42.3 Å². The predicted octanol–water partition coefficient (Wildman–Crippen LogP) is 3.37. The molecule has 28 heavy (non-hydrogen) atoms. The van der Waals surface area contributed by atoms with Crippen molar-refractivity contribution in [2.24, 2.45) is 0 Å². The van der Waals surface area contributed by atoms with Crippen LogP contribution in [0, 0.1) is 0 Å². The Morgan fingerprint density at radius 3 is 2.07 bits per heavy atom. The van der Waals surface area contributed by atoms with Gasteiger partial charge in [-0.1, -0.05) is 11.6 Å². The Kier molecular flexibility index (Phi) is 6.88. The molecule has 1 atom stereocenters. The molecule has 152 valence electrons. The first kappa shape index (κ1) is 20.6. The molecule has 6 nitrogen and oxygen atoms in total. The number of benzene rings is 2. The van der Waals surface area contributed by atoms with Crippen molar-refractivity contribution in [3.05, 3.63) is 46.5 Å². The van der Waals surface area contributed by atoms with Gasteiger partial charge in [0.05, 0.1) is 34.5 Å². The Bertz CT molecular complexity index is 809. The summed E-state index contributed by atoms with van der Waals surface area (Å²) >= 11 is 6.36. The van der Waals surface area contributed by atoms with Crippen LogP contribution in [0.3, 0.4) is 0 Å². The highest BCUT2D eigenvalue weighted by atomic mass is 35.5. The summed E-state index contributed by atoms with van der Waals surface area (Å²) in [6, 6.07) is 9.52. The van der Waals surface area contributed by atoms with E-state index in [1.807, 2.05) is 30.3 Å². The molecule has 1 aliphatic heterocycles. The van der Waals surface area contributed by atoms with Gasteiger partial charge >= 0.3 is 0 Å². The van der Waals surface area contributed by atoms with Gasteiger partial charge in [-0.25, -0.2) is 0 Å². The minimum atomic E-state index is -0.106. The molecule has 0 bridgehead atoms. The first-order valence-electron chi connectivity index (χ1n) is 9.21.